The van der Waals surface area contributed by atoms with Gasteiger partial charge < -0.3 is 4.74 Å². The Morgan fingerprint density at radius 3 is 2.67 bits per heavy atom. The SMILES string of the molecule is O=C1OCCN1c1cccc2c1CCN(CC1CCCCCC1)C2. The van der Waals surface area contributed by atoms with Crippen molar-refractivity contribution in [1.82, 2.24) is 4.90 Å². The number of hydrogen-bond acceptors (Lipinski definition) is 3. The summed E-state index contributed by atoms with van der Waals surface area (Å²) in [4.78, 5) is 16.3. The number of benzene rings is 1. The van der Waals surface area contributed by atoms with Gasteiger partial charge in [-0.3, -0.25) is 9.80 Å². The minimum Gasteiger partial charge on any atom is -0.447 e. The predicted octanol–water partition coefficient (Wildman–Crippen LogP) is 3.97. The Balaban J connectivity index is 1.46. The van der Waals surface area contributed by atoms with E-state index in [0.29, 0.717) is 13.2 Å². The molecule has 1 saturated carbocycles. The van der Waals surface area contributed by atoms with Gasteiger partial charge >= 0.3 is 6.09 Å². The van der Waals surface area contributed by atoms with Gasteiger partial charge in [-0.2, -0.15) is 0 Å². The zero-order chi connectivity index (χ0) is 16.4. The monoisotopic (exact) mass is 328 g/mol. The van der Waals surface area contributed by atoms with Gasteiger partial charge in [-0.15, -0.1) is 0 Å². The van der Waals surface area contributed by atoms with Crippen LogP contribution < -0.4 is 4.90 Å². The minimum atomic E-state index is -0.190. The molecular formula is C20H28N2O2. The maximum atomic E-state index is 11.9. The van der Waals surface area contributed by atoms with Gasteiger partial charge in [0.1, 0.15) is 6.61 Å². The van der Waals surface area contributed by atoms with Crippen LogP contribution in [-0.2, 0) is 17.7 Å². The number of ether oxygens (including phenoxy) is 1. The van der Waals surface area contributed by atoms with Crippen LogP contribution in [0, 0.1) is 5.92 Å². The fraction of sp³-hybridized carbons (Fsp3) is 0.650. The summed E-state index contributed by atoms with van der Waals surface area (Å²) in [5.41, 5.74) is 3.82. The van der Waals surface area contributed by atoms with Gasteiger partial charge in [-0.1, -0.05) is 37.8 Å². The van der Waals surface area contributed by atoms with Crippen molar-refractivity contribution >= 4 is 11.8 Å². The molecule has 4 rings (SSSR count). The first-order valence-electron chi connectivity index (χ1n) is 9.58. The normalized spacial score (nSPS) is 23.0. The van der Waals surface area contributed by atoms with Crippen molar-refractivity contribution in [2.75, 3.05) is 31.1 Å². The van der Waals surface area contributed by atoms with Crippen molar-refractivity contribution in [3.63, 3.8) is 0 Å². The minimum absolute atomic E-state index is 0.190. The summed E-state index contributed by atoms with van der Waals surface area (Å²) in [5.74, 6) is 0.880. The van der Waals surface area contributed by atoms with E-state index in [9.17, 15) is 4.79 Å². The van der Waals surface area contributed by atoms with Crippen molar-refractivity contribution in [3.8, 4) is 0 Å². The third kappa shape index (κ3) is 3.30. The zero-order valence-electron chi connectivity index (χ0n) is 14.5. The first kappa shape index (κ1) is 15.9. The third-order valence-electron chi connectivity index (χ3n) is 5.86. The number of carbonyl (C=O) groups excluding carboxylic acids is 1. The molecule has 0 aromatic heterocycles. The summed E-state index contributed by atoms with van der Waals surface area (Å²) >= 11 is 0. The van der Waals surface area contributed by atoms with Crippen LogP contribution in [0.2, 0.25) is 0 Å². The summed E-state index contributed by atoms with van der Waals surface area (Å²) < 4.78 is 5.12. The van der Waals surface area contributed by atoms with Crippen LogP contribution in [0.15, 0.2) is 18.2 Å². The molecule has 4 heteroatoms. The molecule has 0 unspecified atom stereocenters. The fourth-order valence-corrected chi connectivity index (χ4v) is 4.58. The topological polar surface area (TPSA) is 32.8 Å². The number of nitrogens with zero attached hydrogens (tertiary/aromatic N) is 2. The van der Waals surface area contributed by atoms with Crippen molar-refractivity contribution < 1.29 is 9.53 Å². The average molecular weight is 328 g/mol. The van der Waals surface area contributed by atoms with E-state index in [1.165, 1.54) is 56.2 Å². The molecule has 2 fully saturated rings. The maximum absolute atomic E-state index is 11.9. The van der Waals surface area contributed by atoms with Crippen LogP contribution in [0.1, 0.15) is 49.7 Å². The van der Waals surface area contributed by atoms with Gasteiger partial charge in [0, 0.05) is 19.6 Å². The average Bonchev–Trinajstić information content (AvgIpc) is 2.86. The van der Waals surface area contributed by atoms with Crippen LogP contribution in [0.25, 0.3) is 0 Å². The van der Waals surface area contributed by atoms with Gasteiger partial charge in [0.15, 0.2) is 0 Å². The first-order chi connectivity index (χ1) is 11.8. The summed E-state index contributed by atoms with van der Waals surface area (Å²) in [6.07, 6.45) is 9.34. The van der Waals surface area contributed by atoms with Gasteiger partial charge in [0.25, 0.3) is 0 Å². The summed E-state index contributed by atoms with van der Waals surface area (Å²) in [6, 6.07) is 6.40. The highest BCUT2D eigenvalue weighted by Crippen LogP contribution is 2.32. The van der Waals surface area contributed by atoms with Gasteiger partial charge in [0.05, 0.1) is 12.2 Å². The molecule has 1 aliphatic carbocycles. The second-order valence-electron chi connectivity index (χ2n) is 7.52. The van der Waals surface area contributed by atoms with E-state index in [4.69, 9.17) is 4.74 Å². The zero-order valence-corrected chi connectivity index (χ0v) is 14.5. The first-order valence-corrected chi connectivity index (χ1v) is 9.58. The van der Waals surface area contributed by atoms with Crippen LogP contribution in [0.3, 0.4) is 0 Å². The molecule has 1 amide bonds. The van der Waals surface area contributed by atoms with E-state index < -0.39 is 0 Å². The number of amides is 1. The number of cyclic esters (lactones) is 1. The van der Waals surface area contributed by atoms with Gasteiger partial charge in [-0.25, -0.2) is 4.79 Å². The van der Waals surface area contributed by atoms with Crippen LogP contribution in [-0.4, -0.2) is 37.2 Å². The summed E-state index contributed by atoms with van der Waals surface area (Å²) in [7, 11) is 0. The highest BCUT2D eigenvalue weighted by atomic mass is 16.6. The Hall–Kier alpha value is -1.55. The predicted molar refractivity (Wildman–Crippen MR) is 95.3 cm³/mol. The van der Waals surface area contributed by atoms with Crippen molar-refractivity contribution in [2.45, 2.75) is 51.5 Å². The Kier molecular flexibility index (Phi) is 4.74. The second-order valence-corrected chi connectivity index (χ2v) is 7.52. The van der Waals surface area contributed by atoms with Gasteiger partial charge in [0.2, 0.25) is 0 Å². The molecule has 0 N–H and O–H groups in total. The molecule has 1 saturated heterocycles. The lowest BCUT2D eigenvalue weighted by Crippen LogP contribution is -2.36. The molecule has 0 radical (unpaired) electrons. The number of carbonyl (C=O) groups is 1. The Labute approximate surface area is 144 Å². The van der Waals surface area contributed by atoms with E-state index >= 15 is 0 Å². The van der Waals surface area contributed by atoms with Crippen molar-refractivity contribution in [3.05, 3.63) is 29.3 Å². The molecular weight excluding hydrogens is 300 g/mol. The molecule has 0 bridgehead atoms. The third-order valence-corrected chi connectivity index (χ3v) is 5.86. The van der Waals surface area contributed by atoms with E-state index in [2.05, 4.69) is 23.1 Å². The fourth-order valence-electron chi connectivity index (χ4n) is 4.58. The number of rotatable bonds is 3. The lowest BCUT2D eigenvalue weighted by atomic mass is 9.94. The highest BCUT2D eigenvalue weighted by molar-refractivity contribution is 5.90. The van der Waals surface area contributed by atoms with Crippen LogP contribution in [0.4, 0.5) is 10.5 Å². The van der Waals surface area contributed by atoms with E-state index in [0.717, 1.165) is 31.1 Å². The molecule has 4 nitrogen and oxygen atoms in total. The lowest BCUT2D eigenvalue weighted by Gasteiger charge is -2.33. The molecule has 24 heavy (non-hydrogen) atoms. The Bertz CT molecular complexity index is 593. The van der Waals surface area contributed by atoms with E-state index in [-0.39, 0.29) is 6.09 Å². The van der Waals surface area contributed by atoms with E-state index in [1.807, 2.05) is 0 Å². The largest absolute Gasteiger partial charge is 0.447 e. The Morgan fingerprint density at radius 1 is 1.08 bits per heavy atom. The Morgan fingerprint density at radius 2 is 1.92 bits per heavy atom. The molecule has 2 aliphatic heterocycles. The van der Waals surface area contributed by atoms with Gasteiger partial charge in [-0.05, 0) is 42.4 Å². The molecule has 0 spiro atoms. The molecule has 130 valence electrons. The quantitative estimate of drug-likeness (QED) is 0.787. The second kappa shape index (κ2) is 7.14. The van der Waals surface area contributed by atoms with Crippen LogP contribution >= 0.6 is 0 Å². The summed E-state index contributed by atoms with van der Waals surface area (Å²) in [6.45, 7) is 4.58. The molecule has 3 aliphatic rings. The number of fused-ring (bicyclic) bond motifs is 1. The maximum Gasteiger partial charge on any atom is 0.414 e. The highest BCUT2D eigenvalue weighted by Gasteiger charge is 2.29. The van der Waals surface area contributed by atoms with Crippen molar-refractivity contribution in [2.24, 2.45) is 5.92 Å². The lowest BCUT2D eigenvalue weighted by molar-refractivity contribution is 0.181. The molecule has 1 aromatic carbocycles. The van der Waals surface area contributed by atoms with E-state index in [1.54, 1.807) is 4.90 Å². The van der Waals surface area contributed by atoms with Crippen LogP contribution in [0.5, 0.6) is 0 Å². The van der Waals surface area contributed by atoms with Crippen molar-refractivity contribution in [1.29, 1.82) is 0 Å². The molecule has 2 heterocycles. The molecule has 1 aromatic rings. The summed E-state index contributed by atoms with van der Waals surface area (Å²) in [5, 5.41) is 0. The number of anilines is 1. The standard InChI is InChI=1S/C20H28N2O2/c23-20-22(12-13-24-20)19-9-5-8-17-15-21(11-10-18(17)19)14-16-6-3-1-2-4-7-16/h5,8-9,16H,1-4,6-7,10-15H2. The molecule has 0 atom stereocenters. The number of hydrogen-bond donors (Lipinski definition) is 0. The smallest absolute Gasteiger partial charge is 0.414 e.